The third kappa shape index (κ3) is 5.21. The van der Waals surface area contributed by atoms with Crippen molar-refractivity contribution in [2.75, 3.05) is 37.7 Å². The summed E-state index contributed by atoms with van der Waals surface area (Å²) in [5.74, 6) is -0.513. The quantitative estimate of drug-likeness (QED) is 0.622. The van der Waals surface area contributed by atoms with Crippen LogP contribution >= 0.6 is 12.4 Å². The van der Waals surface area contributed by atoms with E-state index >= 15 is 0 Å². The predicted octanol–water partition coefficient (Wildman–Crippen LogP) is 1.64. The number of nitriles is 1. The van der Waals surface area contributed by atoms with Gasteiger partial charge in [0.1, 0.15) is 5.54 Å². The maximum Gasteiger partial charge on any atom is 0.417 e. The van der Waals surface area contributed by atoms with Crippen molar-refractivity contribution in [1.29, 1.82) is 5.26 Å². The SMILES string of the molecule is Cl.N#CC1(NC(=O)[C@@H]2C[C@@H](S(=O)(=O)c3ccc(N4CCOCC4)cc3C(F)(F)F)CN2)CC1. The van der Waals surface area contributed by atoms with Crippen LogP contribution in [0.1, 0.15) is 24.8 Å². The van der Waals surface area contributed by atoms with E-state index in [0.717, 1.165) is 12.1 Å². The van der Waals surface area contributed by atoms with E-state index in [9.17, 15) is 26.4 Å². The first kappa shape index (κ1) is 25.6. The molecule has 33 heavy (non-hydrogen) atoms. The highest BCUT2D eigenvalue weighted by Gasteiger charge is 2.48. The fourth-order valence-electron chi connectivity index (χ4n) is 4.04. The first-order valence-corrected chi connectivity index (χ1v) is 11.8. The molecule has 2 N–H and O–H groups in total. The minimum atomic E-state index is -4.86. The molecular weight excluding hydrogens is 485 g/mol. The third-order valence-corrected chi connectivity index (χ3v) is 8.33. The number of halogens is 4. The topological polar surface area (TPSA) is 112 Å². The number of nitrogens with zero attached hydrogens (tertiary/aromatic N) is 2. The normalized spacial score (nSPS) is 24.5. The van der Waals surface area contributed by atoms with Gasteiger partial charge in [0.05, 0.1) is 41.0 Å². The van der Waals surface area contributed by atoms with E-state index in [1.54, 1.807) is 4.90 Å². The molecular formula is C20H24ClF3N4O4S. The smallest absolute Gasteiger partial charge is 0.378 e. The van der Waals surface area contributed by atoms with E-state index in [0.29, 0.717) is 39.1 Å². The highest BCUT2D eigenvalue weighted by atomic mass is 35.5. The number of nitrogens with one attached hydrogen (secondary N) is 2. The van der Waals surface area contributed by atoms with E-state index in [4.69, 9.17) is 10.00 Å². The Morgan fingerprint density at radius 3 is 2.52 bits per heavy atom. The van der Waals surface area contributed by atoms with Crippen molar-refractivity contribution in [2.24, 2.45) is 0 Å². The van der Waals surface area contributed by atoms with Gasteiger partial charge in [-0.3, -0.25) is 4.79 Å². The van der Waals surface area contributed by atoms with Crippen LogP contribution in [0.15, 0.2) is 23.1 Å². The van der Waals surface area contributed by atoms with Crippen LogP contribution in [0, 0.1) is 11.3 Å². The van der Waals surface area contributed by atoms with Gasteiger partial charge in [-0.15, -0.1) is 12.4 Å². The van der Waals surface area contributed by atoms with Crippen LogP contribution in [0.25, 0.3) is 0 Å². The molecule has 2 atom stereocenters. The van der Waals surface area contributed by atoms with Crippen molar-refractivity contribution >= 4 is 33.8 Å². The number of hydrogen-bond donors (Lipinski definition) is 2. The Morgan fingerprint density at radius 1 is 1.27 bits per heavy atom. The predicted molar refractivity (Wildman–Crippen MR) is 115 cm³/mol. The molecule has 1 aliphatic carbocycles. The van der Waals surface area contributed by atoms with E-state index in [2.05, 4.69) is 10.6 Å². The largest absolute Gasteiger partial charge is 0.417 e. The lowest BCUT2D eigenvalue weighted by Gasteiger charge is -2.30. The molecule has 1 aromatic rings. The second kappa shape index (κ2) is 9.29. The highest BCUT2D eigenvalue weighted by Crippen LogP contribution is 2.39. The number of hydrogen-bond acceptors (Lipinski definition) is 7. The number of ether oxygens (including phenoxy) is 1. The second-order valence-corrected chi connectivity index (χ2v) is 10.5. The molecule has 0 aromatic heterocycles. The summed E-state index contributed by atoms with van der Waals surface area (Å²) in [6.45, 7) is 1.44. The Kier molecular flexibility index (Phi) is 7.19. The van der Waals surface area contributed by atoms with Crippen molar-refractivity contribution in [3.05, 3.63) is 23.8 Å². The molecule has 0 radical (unpaired) electrons. The number of anilines is 1. The highest BCUT2D eigenvalue weighted by molar-refractivity contribution is 7.92. The van der Waals surface area contributed by atoms with Gasteiger partial charge in [0.15, 0.2) is 9.84 Å². The lowest BCUT2D eigenvalue weighted by Crippen LogP contribution is -2.45. The lowest BCUT2D eigenvalue weighted by atomic mass is 10.1. The molecule has 8 nitrogen and oxygen atoms in total. The third-order valence-electron chi connectivity index (χ3n) is 6.12. The number of rotatable bonds is 5. The summed E-state index contributed by atoms with van der Waals surface area (Å²) in [7, 11) is -4.37. The molecule has 3 fully saturated rings. The Labute approximate surface area is 195 Å². The first-order chi connectivity index (χ1) is 15.1. The van der Waals surface area contributed by atoms with Crippen LogP contribution in [0.3, 0.4) is 0 Å². The zero-order valence-corrected chi connectivity index (χ0v) is 19.2. The van der Waals surface area contributed by atoms with Crippen molar-refractivity contribution in [3.8, 4) is 6.07 Å². The summed E-state index contributed by atoms with van der Waals surface area (Å²) >= 11 is 0. The molecule has 3 aliphatic rings. The number of benzene rings is 1. The number of sulfone groups is 1. The summed E-state index contributed by atoms with van der Waals surface area (Å²) in [4.78, 5) is 13.3. The van der Waals surface area contributed by atoms with Crippen LogP contribution < -0.4 is 15.5 Å². The molecule has 1 saturated carbocycles. The summed E-state index contributed by atoms with van der Waals surface area (Å²) in [6, 6.07) is 4.38. The zero-order chi connectivity index (χ0) is 23.1. The van der Waals surface area contributed by atoms with E-state index < -0.39 is 49.2 Å². The molecule has 1 amide bonds. The van der Waals surface area contributed by atoms with Crippen LogP contribution in [0.4, 0.5) is 18.9 Å². The average molecular weight is 509 g/mol. The standard InChI is InChI=1S/C20H23F3N4O4S.ClH/c21-20(22,23)15-9-13(27-5-7-31-8-6-27)1-2-17(15)32(29,30)14-10-16(25-11-14)18(28)26-19(12-24)3-4-19;/h1-2,9,14,16,25H,3-8,10-11H2,(H,26,28);1H/t14-,16+;/m1./s1. The van der Waals surface area contributed by atoms with Gasteiger partial charge in [0, 0.05) is 25.3 Å². The number of carbonyl (C=O) groups excluding carboxylic acids is 1. The number of alkyl halides is 3. The summed E-state index contributed by atoms with van der Waals surface area (Å²) in [5, 5.41) is 13.3. The van der Waals surface area contributed by atoms with Crippen LogP contribution in [-0.4, -0.2) is 64.0 Å². The van der Waals surface area contributed by atoms with Gasteiger partial charge in [0.2, 0.25) is 5.91 Å². The Hall–Kier alpha value is -2.07. The fourth-order valence-corrected chi connectivity index (χ4v) is 5.90. The van der Waals surface area contributed by atoms with Gasteiger partial charge in [0.25, 0.3) is 0 Å². The molecule has 0 bridgehead atoms. The fraction of sp³-hybridized carbons (Fsp3) is 0.600. The van der Waals surface area contributed by atoms with Crippen LogP contribution in [0.2, 0.25) is 0 Å². The Morgan fingerprint density at radius 2 is 1.94 bits per heavy atom. The van der Waals surface area contributed by atoms with Crippen LogP contribution in [0.5, 0.6) is 0 Å². The molecule has 0 unspecified atom stereocenters. The molecule has 2 heterocycles. The molecule has 4 rings (SSSR count). The summed E-state index contributed by atoms with van der Waals surface area (Å²) in [6.07, 6.45) is -3.99. The van der Waals surface area contributed by atoms with Gasteiger partial charge in [-0.1, -0.05) is 0 Å². The van der Waals surface area contributed by atoms with E-state index in [1.807, 2.05) is 6.07 Å². The van der Waals surface area contributed by atoms with Gasteiger partial charge in [-0.05, 0) is 37.5 Å². The maximum absolute atomic E-state index is 13.8. The van der Waals surface area contributed by atoms with Crippen molar-refractivity contribution < 1.29 is 31.1 Å². The van der Waals surface area contributed by atoms with Gasteiger partial charge in [-0.25, -0.2) is 8.42 Å². The second-order valence-electron chi connectivity index (χ2n) is 8.32. The minimum Gasteiger partial charge on any atom is -0.378 e. The van der Waals surface area contributed by atoms with Crippen molar-refractivity contribution in [3.63, 3.8) is 0 Å². The Balaban J connectivity index is 0.00000306. The summed E-state index contributed by atoms with van der Waals surface area (Å²) < 4.78 is 73.0. The average Bonchev–Trinajstić information content (AvgIpc) is 3.34. The van der Waals surface area contributed by atoms with Gasteiger partial charge >= 0.3 is 6.18 Å². The molecule has 2 aliphatic heterocycles. The van der Waals surface area contributed by atoms with Crippen LogP contribution in [-0.2, 0) is 25.5 Å². The number of amides is 1. The first-order valence-electron chi connectivity index (χ1n) is 10.3. The lowest BCUT2D eigenvalue weighted by molar-refractivity contribution is -0.139. The maximum atomic E-state index is 13.8. The van der Waals surface area contributed by atoms with Crippen molar-refractivity contribution in [2.45, 2.75) is 47.2 Å². The van der Waals surface area contributed by atoms with Crippen molar-refractivity contribution in [1.82, 2.24) is 10.6 Å². The Bertz CT molecular complexity index is 1050. The molecule has 182 valence electrons. The molecule has 1 aromatic carbocycles. The van der Waals surface area contributed by atoms with E-state index in [-0.39, 0.29) is 31.1 Å². The molecule has 0 spiro atoms. The number of morpholine rings is 1. The molecule has 13 heteroatoms. The monoisotopic (exact) mass is 508 g/mol. The minimum absolute atomic E-state index is 0. The zero-order valence-electron chi connectivity index (χ0n) is 17.5. The van der Waals surface area contributed by atoms with Gasteiger partial charge in [-0.2, -0.15) is 18.4 Å². The van der Waals surface area contributed by atoms with Gasteiger partial charge < -0.3 is 20.3 Å². The number of carbonyl (C=O) groups is 1. The van der Waals surface area contributed by atoms with E-state index in [1.165, 1.54) is 6.07 Å². The summed E-state index contributed by atoms with van der Waals surface area (Å²) in [5.41, 5.74) is -1.84. The molecule has 2 saturated heterocycles.